The maximum absolute atomic E-state index is 10.5. The molecule has 0 aliphatic carbocycles. The van der Waals surface area contributed by atoms with Gasteiger partial charge in [-0.25, -0.2) is 9.97 Å². The first kappa shape index (κ1) is 28.8. The van der Waals surface area contributed by atoms with Crippen molar-refractivity contribution in [3.05, 3.63) is 42.2 Å². The zero-order valence-corrected chi connectivity index (χ0v) is 21.6. The number of aryl methyl sites for hydroxylation is 1. The molecular weight excluding hydrogens is 440 g/mol. The predicted molar refractivity (Wildman–Crippen MR) is 141 cm³/mol. The molecule has 0 amide bonds. The molecule has 0 atom stereocenters. The maximum atomic E-state index is 10.5. The van der Waals surface area contributed by atoms with Gasteiger partial charge >= 0.3 is 5.97 Å². The van der Waals surface area contributed by atoms with Crippen molar-refractivity contribution in [1.82, 2.24) is 9.97 Å². The van der Waals surface area contributed by atoms with Crippen molar-refractivity contribution in [3.8, 4) is 17.1 Å². The molecule has 35 heavy (non-hydrogen) atoms. The standard InChI is InChI=1S/C29H44N2O4/c1-2-20-34-21-12-13-22-35-27-23-30-29(31-24-27)26-18-16-25(17-19-26)14-10-8-6-4-3-5-7-9-11-15-28(32)33/h16-19,23-24H,2-15,20-22H2,1H3,(H,32,33). The molecule has 0 saturated carbocycles. The number of carbonyl (C=O) groups is 1. The zero-order valence-electron chi connectivity index (χ0n) is 21.6. The lowest BCUT2D eigenvalue weighted by Gasteiger charge is -2.07. The monoisotopic (exact) mass is 484 g/mol. The fourth-order valence-electron chi connectivity index (χ4n) is 3.95. The van der Waals surface area contributed by atoms with Crippen LogP contribution in [0.1, 0.15) is 96.0 Å². The van der Waals surface area contributed by atoms with Gasteiger partial charge in [0.05, 0.1) is 19.0 Å². The molecule has 0 aliphatic rings. The van der Waals surface area contributed by atoms with Crippen molar-refractivity contribution in [3.63, 3.8) is 0 Å². The van der Waals surface area contributed by atoms with E-state index in [9.17, 15) is 4.79 Å². The SMILES string of the molecule is CCCOCCCCOc1cnc(-c2ccc(CCCCCCCCCCCC(=O)O)cc2)nc1. The number of benzene rings is 1. The van der Waals surface area contributed by atoms with Crippen LogP contribution in [0.5, 0.6) is 5.75 Å². The van der Waals surface area contributed by atoms with Crippen molar-refractivity contribution in [2.75, 3.05) is 19.8 Å². The maximum Gasteiger partial charge on any atom is 0.303 e. The average Bonchev–Trinajstić information content (AvgIpc) is 2.87. The summed E-state index contributed by atoms with van der Waals surface area (Å²) >= 11 is 0. The van der Waals surface area contributed by atoms with Gasteiger partial charge in [-0.1, -0.05) is 76.1 Å². The molecule has 194 valence electrons. The van der Waals surface area contributed by atoms with Crippen molar-refractivity contribution >= 4 is 5.97 Å². The summed E-state index contributed by atoms with van der Waals surface area (Å²) < 4.78 is 11.2. The van der Waals surface area contributed by atoms with Crippen molar-refractivity contribution in [2.45, 2.75) is 96.8 Å². The highest BCUT2D eigenvalue weighted by Gasteiger charge is 2.03. The number of rotatable bonds is 21. The van der Waals surface area contributed by atoms with Crippen molar-refractivity contribution < 1.29 is 19.4 Å². The van der Waals surface area contributed by atoms with Crippen LogP contribution in [0, 0.1) is 0 Å². The number of hydrogen-bond donors (Lipinski definition) is 1. The Kier molecular flexibility index (Phi) is 15.5. The van der Waals surface area contributed by atoms with E-state index in [1.54, 1.807) is 12.4 Å². The number of unbranched alkanes of at least 4 members (excludes halogenated alkanes) is 9. The molecule has 0 aliphatic heterocycles. The van der Waals surface area contributed by atoms with Crippen LogP contribution in [0.4, 0.5) is 0 Å². The number of ether oxygens (including phenoxy) is 2. The molecule has 1 aromatic heterocycles. The predicted octanol–water partition coefficient (Wildman–Crippen LogP) is 7.26. The molecule has 0 radical (unpaired) electrons. The van der Waals surface area contributed by atoms with Crippen LogP contribution in [0.3, 0.4) is 0 Å². The summed E-state index contributed by atoms with van der Waals surface area (Å²) in [6.07, 6.45) is 18.5. The first-order chi connectivity index (χ1) is 17.2. The van der Waals surface area contributed by atoms with Crippen LogP contribution in [0.25, 0.3) is 11.4 Å². The third kappa shape index (κ3) is 13.9. The normalized spacial score (nSPS) is 11.0. The van der Waals surface area contributed by atoms with Gasteiger partial charge in [0.25, 0.3) is 0 Å². The number of nitrogens with zero attached hydrogens (tertiary/aromatic N) is 2. The minimum atomic E-state index is -0.678. The first-order valence-corrected chi connectivity index (χ1v) is 13.5. The molecule has 1 heterocycles. The second-order valence-corrected chi connectivity index (χ2v) is 9.18. The third-order valence-electron chi connectivity index (χ3n) is 6.00. The van der Waals surface area contributed by atoms with Gasteiger partial charge in [0.1, 0.15) is 0 Å². The molecule has 0 bridgehead atoms. The Morgan fingerprint density at radius 3 is 2.00 bits per heavy atom. The molecule has 6 nitrogen and oxygen atoms in total. The second-order valence-electron chi connectivity index (χ2n) is 9.18. The van der Waals surface area contributed by atoms with E-state index in [4.69, 9.17) is 14.6 Å². The lowest BCUT2D eigenvalue weighted by molar-refractivity contribution is -0.137. The van der Waals surface area contributed by atoms with Gasteiger partial charge < -0.3 is 14.6 Å². The van der Waals surface area contributed by atoms with Crippen LogP contribution in [-0.4, -0.2) is 40.9 Å². The van der Waals surface area contributed by atoms with Crippen LogP contribution < -0.4 is 4.74 Å². The molecule has 2 rings (SSSR count). The Bertz CT molecular complexity index is 793. The van der Waals surface area contributed by atoms with E-state index < -0.39 is 5.97 Å². The molecule has 0 fully saturated rings. The minimum Gasteiger partial charge on any atom is -0.490 e. The van der Waals surface area contributed by atoms with E-state index in [1.165, 1.54) is 44.1 Å². The van der Waals surface area contributed by atoms with Crippen molar-refractivity contribution in [1.29, 1.82) is 0 Å². The van der Waals surface area contributed by atoms with Gasteiger partial charge in [-0.3, -0.25) is 4.79 Å². The summed E-state index contributed by atoms with van der Waals surface area (Å²) in [5.41, 5.74) is 2.38. The molecule has 0 unspecified atom stereocenters. The highest BCUT2D eigenvalue weighted by atomic mass is 16.5. The third-order valence-corrected chi connectivity index (χ3v) is 6.00. The van der Waals surface area contributed by atoms with E-state index in [2.05, 4.69) is 41.2 Å². The fraction of sp³-hybridized carbons (Fsp3) is 0.621. The Morgan fingerprint density at radius 2 is 1.37 bits per heavy atom. The van der Waals surface area contributed by atoms with E-state index in [0.29, 0.717) is 18.8 Å². The number of aromatic nitrogens is 2. The van der Waals surface area contributed by atoms with E-state index >= 15 is 0 Å². The topological polar surface area (TPSA) is 81.5 Å². The summed E-state index contributed by atoms with van der Waals surface area (Å²) in [4.78, 5) is 19.4. The summed E-state index contributed by atoms with van der Waals surface area (Å²) in [5, 5.41) is 8.63. The lowest BCUT2D eigenvalue weighted by Crippen LogP contribution is -2.02. The van der Waals surface area contributed by atoms with Crippen LogP contribution in [0.2, 0.25) is 0 Å². The lowest BCUT2D eigenvalue weighted by atomic mass is 10.0. The summed E-state index contributed by atoms with van der Waals surface area (Å²) in [7, 11) is 0. The summed E-state index contributed by atoms with van der Waals surface area (Å²) in [6, 6.07) is 8.57. The van der Waals surface area contributed by atoms with Crippen LogP contribution >= 0.6 is 0 Å². The Hall–Kier alpha value is -2.47. The number of carboxylic acid groups (broad SMARTS) is 1. The zero-order chi connectivity index (χ0) is 25.0. The smallest absolute Gasteiger partial charge is 0.303 e. The number of carboxylic acids is 1. The highest BCUT2D eigenvalue weighted by molar-refractivity contribution is 5.66. The van der Waals surface area contributed by atoms with Gasteiger partial charge in [-0.2, -0.15) is 0 Å². The van der Waals surface area contributed by atoms with Crippen LogP contribution in [-0.2, 0) is 16.0 Å². The van der Waals surface area contributed by atoms with Gasteiger partial charge in [-0.15, -0.1) is 0 Å². The summed E-state index contributed by atoms with van der Waals surface area (Å²) in [5.74, 6) is 0.751. The Balaban J connectivity index is 1.54. The number of aliphatic carboxylic acids is 1. The molecule has 6 heteroatoms. The quantitative estimate of drug-likeness (QED) is 0.188. The highest BCUT2D eigenvalue weighted by Crippen LogP contribution is 2.19. The molecule has 0 spiro atoms. The summed E-state index contributed by atoms with van der Waals surface area (Å²) in [6.45, 7) is 4.39. The first-order valence-electron chi connectivity index (χ1n) is 13.5. The van der Waals surface area contributed by atoms with E-state index in [0.717, 1.165) is 69.5 Å². The average molecular weight is 485 g/mol. The fourth-order valence-corrected chi connectivity index (χ4v) is 3.95. The van der Waals surface area contributed by atoms with E-state index in [1.807, 2.05) is 0 Å². The second kappa shape index (κ2) is 18.8. The van der Waals surface area contributed by atoms with Crippen molar-refractivity contribution in [2.24, 2.45) is 0 Å². The van der Waals surface area contributed by atoms with Gasteiger partial charge in [0.15, 0.2) is 11.6 Å². The Morgan fingerprint density at radius 1 is 0.771 bits per heavy atom. The number of hydrogen-bond acceptors (Lipinski definition) is 5. The van der Waals surface area contributed by atoms with E-state index in [-0.39, 0.29) is 0 Å². The minimum absolute atomic E-state index is 0.311. The molecule has 2 aromatic rings. The molecular formula is C29H44N2O4. The Labute approximate surface area is 211 Å². The van der Waals surface area contributed by atoms with Crippen LogP contribution in [0.15, 0.2) is 36.7 Å². The molecule has 1 N–H and O–H groups in total. The molecule has 0 saturated heterocycles. The van der Waals surface area contributed by atoms with Gasteiger partial charge in [0, 0.05) is 25.2 Å². The van der Waals surface area contributed by atoms with Gasteiger partial charge in [0.2, 0.25) is 0 Å². The van der Waals surface area contributed by atoms with Gasteiger partial charge in [-0.05, 0) is 44.1 Å². The molecule has 1 aromatic carbocycles. The largest absolute Gasteiger partial charge is 0.490 e.